The van der Waals surface area contributed by atoms with Crippen molar-refractivity contribution in [1.29, 1.82) is 5.26 Å². The largest absolute Gasteiger partial charge is 0.457 e. The summed E-state index contributed by atoms with van der Waals surface area (Å²) in [5.74, 6) is 1.59. The minimum atomic E-state index is -0.292. The van der Waals surface area contributed by atoms with E-state index in [0.717, 1.165) is 46.9 Å². The number of hydrogen-bond donors (Lipinski definition) is 1. The van der Waals surface area contributed by atoms with E-state index in [2.05, 4.69) is 22.4 Å². The number of benzene rings is 2. The van der Waals surface area contributed by atoms with Crippen LogP contribution in [0.4, 0.5) is 5.69 Å². The molecule has 4 nitrogen and oxygen atoms in total. The molecular weight excluding hydrogens is 310 g/mol. The van der Waals surface area contributed by atoms with Crippen molar-refractivity contribution in [3.8, 4) is 17.6 Å². The van der Waals surface area contributed by atoms with Crippen molar-refractivity contribution in [2.24, 2.45) is 4.99 Å². The second-order valence-electron chi connectivity index (χ2n) is 6.61. The first-order valence-corrected chi connectivity index (χ1v) is 8.45. The summed E-state index contributed by atoms with van der Waals surface area (Å²) >= 11 is 0. The van der Waals surface area contributed by atoms with Crippen LogP contribution in [0.5, 0.6) is 11.5 Å². The minimum Gasteiger partial charge on any atom is -0.457 e. The lowest BCUT2D eigenvalue weighted by Crippen LogP contribution is -2.02. The van der Waals surface area contributed by atoms with E-state index in [0.29, 0.717) is 6.54 Å². The fourth-order valence-corrected chi connectivity index (χ4v) is 3.03. The summed E-state index contributed by atoms with van der Waals surface area (Å²) in [6.45, 7) is 2.73. The van der Waals surface area contributed by atoms with Gasteiger partial charge in [-0.3, -0.25) is 4.99 Å². The van der Waals surface area contributed by atoms with Crippen LogP contribution < -0.4 is 10.1 Å². The number of nitriles is 1. The molecule has 0 radical (unpaired) electrons. The van der Waals surface area contributed by atoms with E-state index in [9.17, 15) is 5.26 Å². The number of hydrogen-bond acceptors (Lipinski definition) is 4. The van der Waals surface area contributed by atoms with Crippen molar-refractivity contribution >= 4 is 11.9 Å². The summed E-state index contributed by atoms with van der Waals surface area (Å²) in [6.07, 6.45) is 5.67. The van der Waals surface area contributed by atoms with Gasteiger partial charge in [-0.1, -0.05) is 12.1 Å². The molecule has 0 atom stereocenters. The maximum Gasteiger partial charge on any atom is 0.130 e. The Morgan fingerprint density at radius 1 is 1.20 bits per heavy atom. The highest BCUT2D eigenvalue weighted by molar-refractivity contribution is 5.76. The number of rotatable bonds is 5. The lowest BCUT2D eigenvalue weighted by atomic mass is 9.98. The Labute approximate surface area is 147 Å². The van der Waals surface area contributed by atoms with Gasteiger partial charge < -0.3 is 10.1 Å². The Balaban J connectivity index is 1.51. The summed E-state index contributed by atoms with van der Waals surface area (Å²) in [4.78, 5) is 4.17. The van der Waals surface area contributed by atoms with E-state index in [1.54, 1.807) is 0 Å². The third-order valence-corrected chi connectivity index (χ3v) is 4.70. The third-order valence-electron chi connectivity index (χ3n) is 4.70. The third kappa shape index (κ3) is 3.14. The molecule has 1 N–H and O–H groups in total. The first-order valence-electron chi connectivity index (χ1n) is 8.45. The van der Waals surface area contributed by atoms with Crippen LogP contribution in [-0.4, -0.2) is 12.8 Å². The fourth-order valence-electron chi connectivity index (χ4n) is 3.03. The normalized spacial score (nSPS) is 16.9. The molecule has 2 aromatic carbocycles. The maximum absolute atomic E-state index is 9.37. The highest BCUT2D eigenvalue weighted by atomic mass is 16.5. The zero-order valence-corrected chi connectivity index (χ0v) is 14.1. The van der Waals surface area contributed by atoms with E-state index in [1.807, 2.05) is 55.6 Å². The lowest BCUT2D eigenvalue weighted by molar-refractivity contribution is 0.478. The first kappa shape index (κ1) is 15.5. The fraction of sp³-hybridized carbons (Fsp3) is 0.238. The Kier molecular flexibility index (Phi) is 3.77. The first-order chi connectivity index (χ1) is 12.2. The summed E-state index contributed by atoms with van der Waals surface area (Å²) < 4.78 is 6.07. The average molecular weight is 329 g/mol. The Morgan fingerprint density at radius 3 is 2.76 bits per heavy atom. The standard InChI is InChI=1S/C21H19N3O/c1-15-11-17(24-18-7-10-23-13-18)5-6-20(15)25-19-4-2-3-16(12-19)21(14-22)8-9-21/h2-7,10-12,24H,8-9,13H2,1H3. The van der Waals surface area contributed by atoms with E-state index < -0.39 is 0 Å². The van der Waals surface area contributed by atoms with Crippen LogP contribution in [0.2, 0.25) is 0 Å². The molecule has 124 valence electrons. The van der Waals surface area contributed by atoms with E-state index in [1.165, 1.54) is 0 Å². The molecule has 0 spiro atoms. The molecule has 0 amide bonds. The van der Waals surface area contributed by atoms with Crippen molar-refractivity contribution in [3.63, 3.8) is 0 Å². The highest BCUT2D eigenvalue weighted by Crippen LogP contribution is 2.48. The van der Waals surface area contributed by atoms with E-state index >= 15 is 0 Å². The Bertz CT molecular complexity index is 917. The van der Waals surface area contributed by atoms with E-state index in [-0.39, 0.29) is 5.41 Å². The van der Waals surface area contributed by atoms with Crippen molar-refractivity contribution in [3.05, 3.63) is 65.4 Å². The van der Waals surface area contributed by atoms with Gasteiger partial charge >= 0.3 is 0 Å². The summed E-state index contributed by atoms with van der Waals surface area (Å²) in [5.41, 5.74) is 3.93. The maximum atomic E-state index is 9.37. The Hall–Kier alpha value is -3.06. The van der Waals surface area contributed by atoms with Crippen molar-refractivity contribution in [1.82, 2.24) is 0 Å². The van der Waals surface area contributed by atoms with Crippen LogP contribution in [0.3, 0.4) is 0 Å². The molecule has 1 aliphatic carbocycles. The van der Waals surface area contributed by atoms with Crippen LogP contribution in [-0.2, 0) is 5.41 Å². The quantitative estimate of drug-likeness (QED) is 0.863. The van der Waals surface area contributed by atoms with Gasteiger partial charge in [0.25, 0.3) is 0 Å². The lowest BCUT2D eigenvalue weighted by Gasteiger charge is -2.13. The minimum absolute atomic E-state index is 0.292. The van der Waals surface area contributed by atoms with Gasteiger partial charge in [0.2, 0.25) is 0 Å². The summed E-state index contributed by atoms with van der Waals surface area (Å²) in [5, 5.41) is 12.7. The molecular formula is C21H19N3O. The molecule has 1 heterocycles. The molecule has 4 heteroatoms. The van der Waals surface area contributed by atoms with Crippen molar-refractivity contribution in [2.75, 3.05) is 11.9 Å². The van der Waals surface area contributed by atoms with Gasteiger partial charge in [-0.2, -0.15) is 5.26 Å². The SMILES string of the molecule is Cc1cc(NC2=CC=NC2)ccc1Oc1cccc(C2(C#N)CC2)c1. The van der Waals surface area contributed by atoms with Crippen molar-refractivity contribution in [2.45, 2.75) is 25.2 Å². The predicted octanol–water partition coefficient (Wildman–Crippen LogP) is 4.72. The zero-order chi connectivity index (χ0) is 17.3. The van der Waals surface area contributed by atoms with Gasteiger partial charge in [0, 0.05) is 17.6 Å². The molecule has 1 fully saturated rings. The monoisotopic (exact) mass is 329 g/mol. The Morgan fingerprint density at radius 2 is 2.08 bits per heavy atom. The second-order valence-corrected chi connectivity index (χ2v) is 6.61. The number of aryl methyl sites for hydroxylation is 1. The number of nitrogens with one attached hydrogen (secondary N) is 1. The van der Waals surface area contributed by atoms with Gasteiger partial charge in [-0.15, -0.1) is 0 Å². The number of anilines is 1. The van der Waals surface area contributed by atoms with Crippen LogP contribution in [0, 0.1) is 18.3 Å². The number of allylic oxidation sites excluding steroid dienone is 1. The molecule has 2 aromatic rings. The van der Waals surface area contributed by atoms with Gasteiger partial charge in [0.1, 0.15) is 11.5 Å². The van der Waals surface area contributed by atoms with Crippen LogP contribution >= 0.6 is 0 Å². The zero-order valence-electron chi connectivity index (χ0n) is 14.1. The summed E-state index contributed by atoms with van der Waals surface area (Å²) in [6, 6.07) is 16.4. The van der Waals surface area contributed by atoms with Crippen LogP contribution in [0.1, 0.15) is 24.0 Å². The smallest absolute Gasteiger partial charge is 0.130 e. The predicted molar refractivity (Wildman–Crippen MR) is 99.3 cm³/mol. The number of aliphatic imine (C=N–C) groups is 1. The van der Waals surface area contributed by atoms with E-state index in [4.69, 9.17) is 4.74 Å². The summed E-state index contributed by atoms with van der Waals surface area (Å²) in [7, 11) is 0. The number of ether oxygens (including phenoxy) is 1. The average Bonchev–Trinajstić information content (AvgIpc) is 3.27. The van der Waals surface area contributed by atoms with Crippen molar-refractivity contribution < 1.29 is 4.74 Å². The molecule has 4 rings (SSSR count). The topological polar surface area (TPSA) is 57.4 Å². The molecule has 1 saturated carbocycles. The molecule has 0 aromatic heterocycles. The van der Waals surface area contributed by atoms with Gasteiger partial charge in [0.05, 0.1) is 18.0 Å². The van der Waals surface area contributed by atoms with Gasteiger partial charge in [-0.05, 0) is 67.3 Å². The second kappa shape index (κ2) is 6.10. The molecule has 0 unspecified atom stereocenters. The molecule has 2 aliphatic rings. The molecule has 0 bridgehead atoms. The molecule has 25 heavy (non-hydrogen) atoms. The molecule has 1 aliphatic heterocycles. The highest BCUT2D eigenvalue weighted by Gasteiger charge is 2.44. The van der Waals surface area contributed by atoms with Crippen LogP contribution in [0.25, 0.3) is 0 Å². The van der Waals surface area contributed by atoms with Gasteiger partial charge in [0.15, 0.2) is 0 Å². The van der Waals surface area contributed by atoms with Crippen LogP contribution in [0.15, 0.2) is 59.2 Å². The molecule has 0 saturated heterocycles. The number of nitrogens with zero attached hydrogens (tertiary/aromatic N) is 2. The van der Waals surface area contributed by atoms with Gasteiger partial charge in [-0.25, -0.2) is 0 Å².